The highest BCUT2D eigenvalue weighted by atomic mass is 14.1. The van der Waals surface area contributed by atoms with Crippen LogP contribution in [0.25, 0.3) is 0 Å². The lowest BCUT2D eigenvalue weighted by Crippen LogP contribution is -2.02. The summed E-state index contributed by atoms with van der Waals surface area (Å²) in [4.78, 5) is 0. The van der Waals surface area contributed by atoms with Crippen LogP contribution in [0.15, 0.2) is 18.2 Å². The second kappa shape index (κ2) is 7.53. The van der Waals surface area contributed by atoms with E-state index < -0.39 is 0 Å². The Morgan fingerprint density at radius 3 is 2.06 bits per heavy atom. The summed E-state index contributed by atoms with van der Waals surface area (Å²) in [6, 6.07) is 6.93. The smallest absolute Gasteiger partial charge is 0.0276 e. The molecule has 0 amide bonds. The van der Waals surface area contributed by atoms with Crippen LogP contribution in [-0.2, 0) is 6.42 Å². The first-order valence-electron chi connectivity index (χ1n) is 7.23. The summed E-state index contributed by atoms with van der Waals surface area (Å²) < 4.78 is 0. The summed E-state index contributed by atoms with van der Waals surface area (Å²) in [5.74, 6) is 0.937. The van der Waals surface area contributed by atoms with E-state index in [1.807, 2.05) is 0 Å². The van der Waals surface area contributed by atoms with E-state index in [1.165, 1.54) is 55.2 Å². The Bertz CT molecular complexity index is 319. The molecule has 0 spiro atoms. The van der Waals surface area contributed by atoms with E-state index in [0.29, 0.717) is 0 Å². The molecule has 0 atom stereocenters. The molecule has 0 bridgehead atoms. The maximum absolute atomic E-state index is 2.37. The Morgan fingerprint density at radius 1 is 0.882 bits per heavy atom. The van der Waals surface area contributed by atoms with Gasteiger partial charge in [0.15, 0.2) is 0 Å². The highest BCUT2D eigenvalue weighted by Crippen LogP contribution is 2.21. The van der Waals surface area contributed by atoms with Gasteiger partial charge in [0.05, 0.1) is 0 Å². The molecule has 0 aliphatic heterocycles. The van der Waals surface area contributed by atoms with Crippen molar-refractivity contribution in [3.05, 3.63) is 34.9 Å². The van der Waals surface area contributed by atoms with E-state index in [1.54, 1.807) is 0 Å². The van der Waals surface area contributed by atoms with Gasteiger partial charge in [0.1, 0.15) is 0 Å². The molecule has 0 aliphatic carbocycles. The summed E-state index contributed by atoms with van der Waals surface area (Å²) in [7, 11) is 0. The van der Waals surface area contributed by atoms with Gasteiger partial charge in [0, 0.05) is 0 Å². The number of hydrogen-bond donors (Lipinski definition) is 0. The first kappa shape index (κ1) is 14.3. The third-order valence-electron chi connectivity index (χ3n) is 3.81. The molecule has 0 heterocycles. The van der Waals surface area contributed by atoms with Crippen molar-refractivity contribution in [2.24, 2.45) is 5.92 Å². The molecule has 0 radical (unpaired) electrons. The van der Waals surface area contributed by atoms with E-state index in [-0.39, 0.29) is 0 Å². The second-order valence-corrected chi connectivity index (χ2v) is 5.40. The average Bonchev–Trinajstić information content (AvgIpc) is 2.31. The van der Waals surface area contributed by atoms with Crippen LogP contribution < -0.4 is 0 Å². The van der Waals surface area contributed by atoms with Gasteiger partial charge < -0.3 is 0 Å². The molecule has 0 aliphatic rings. The Morgan fingerprint density at radius 2 is 1.53 bits per heavy atom. The molecule has 1 aromatic rings. The molecule has 96 valence electrons. The molecule has 0 aromatic heterocycles. The Balaban J connectivity index is 2.49. The number of hydrogen-bond acceptors (Lipinski definition) is 0. The Hall–Kier alpha value is -0.780. The van der Waals surface area contributed by atoms with Gasteiger partial charge in [-0.3, -0.25) is 0 Å². The van der Waals surface area contributed by atoms with E-state index in [2.05, 4.69) is 45.9 Å². The van der Waals surface area contributed by atoms with Crippen molar-refractivity contribution in [1.82, 2.24) is 0 Å². The summed E-state index contributed by atoms with van der Waals surface area (Å²) in [6.07, 6.45) is 8.09. The minimum Gasteiger partial charge on any atom is -0.0654 e. The molecule has 0 saturated heterocycles. The lowest BCUT2D eigenvalue weighted by atomic mass is 9.91. The molecule has 0 heteroatoms. The zero-order valence-corrected chi connectivity index (χ0v) is 12.1. The molecule has 0 saturated carbocycles. The third kappa shape index (κ3) is 4.93. The van der Waals surface area contributed by atoms with Crippen molar-refractivity contribution in [1.29, 1.82) is 0 Å². The summed E-state index contributed by atoms with van der Waals surface area (Å²) in [6.45, 7) is 9.02. The Labute approximate surface area is 107 Å². The third-order valence-corrected chi connectivity index (χ3v) is 3.81. The molecular weight excluding hydrogens is 204 g/mol. The summed E-state index contributed by atoms with van der Waals surface area (Å²) >= 11 is 0. The molecule has 1 aromatic carbocycles. The van der Waals surface area contributed by atoms with E-state index >= 15 is 0 Å². The lowest BCUT2D eigenvalue weighted by Gasteiger charge is -2.15. The molecule has 0 unspecified atom stereocenters. The highest BCUT2D eigenvalue weighted by Gasteiger charge is 2.07. The van der Waals surface area contributed by atoms with E-state index in [4.69, 9.17) is 0 Å². The zero-order valence-electron chi connectivity index (χ0n) is 12.1. The van der Waals surface area contributed by atoms with Gasteiger partial charge in [-0.15, -0.1) is 0 Å². The quantitative estimate of drug-likeness (QED) is 0.586. The topological polar surface area (TPSA) is 0 Å². The lowest BCUT2D eigenvalue weighted by molar-refractivity contribution is 0.411. The van der Waals surface area contributed by atoms with Crippen LogP contribution in [0.1, 0.15) is 62.6 Å². The fourth-order valence-electron chi connectivity index (χ4n) is 2.58. The van der Waals surface area contributed by atoms with Crippen LogP contribution in [0.2, 0.25) is 0 Å². The fraction of sp³-hybridized carbons (Fsp3) is 0.647. The molecule has 0 nitrogen and oxygen atoms in total. The first-order chi connectivity index (χ1) is 8.17. The normalized spacial score (nSPS) is 11.1. The molecule has 0 fully saturated rings. The van der Waals surface area contributed by atoms with Crippen molar-refractivity contribution < 1.29 is 0 Å². The molecule has 0 N–H and O–H groups in total. The van der Waals surface area contributed by atoms with Gasteiger partial charge in [-0.05, 0) is 49.3 Å². The van der Waals surface area contributed by atoms with Gasteiger partial charge in [0.25, 0.3) is 0 Å². The maximum Gasteiger partial charge on any atom is -0.0276 e. The molecule has 1 rings (SSSR count). The van der Waals surface area contributed by atoms with Crippen LogP contribution in [0.5, 0.6) is 0 Å². The van der Waals surface area contributed by atoms with E-state index in [0.717, 1.165) is 5.92 Å². The predicted octanol–water partition coefficient (Wildman–Crippen LogP) is 5.45. The van der Waals surface area contributed by atoms with Crippen LogP contribution in [0, 0.1) is 19.8 Å². The van der Waals surface area contributed by atoms with Crippen LogP contribution in [0.4, 0.5) is 0 Å². The summed E-state index contributed by atoms with van der Waals surface area (Å²) in [5.41, 5.74) is 4.36. The minimum atomic E-state index is 0.937. The largest absolute Gasteiger partial charge is 0.0654 e. The summed E-state index contributed by atoms with van der Waals surface area (Å²) in [5, 5.41) is 0. The highest BCUT2D eigenvalue weighted by molar-refractivity contribution is 5.29. The van der Waals surface area contributed by atoms with Crippen molar-refractivity contribution in [3.8, 4) is 0 Å². The number of benzene rings is 1. The monoisotopic (exact) mass is 232 g/mol. The van der Waals surface area contributed by atoms with E-state index in [9.17, 15) is 0 Å². The average molecular weight is 232 g/mol. The Kier molecular flexibility index (Phi) is 6.32. The van der Waals surface area contributed by atoms with Crippen LogP contribution in [-0.4, -0.2) is 0 Å². The number of rotatable bonds is 7. The maximum atomic E-state index is 2.37. The fourth-order valence-corrected chi connectivity index (χ4v) is 2.58. The SMILES string of the molecule is CCCC(CCC)CCc1ccc(C)c(C)c1. The second-order valence-electron chi connectivity index (χ2n) is 5.40. The predicted molar refractivity (Wildman–Crippen MR) is 77.5 cm³/mol. The van der Waals surface area contributed by atoms with Crippen molar-refractivity contribution in [3.63, 3.8) is 0 Å². The van der Waals surface area contributed by atoms with Crippen molar-refractivity contribution in [2.45, 2.75) is 66.2 Å². The van der Waals surface area contributed by atoms with Gasteiger partial charge in [-0.25, -0.2) is 0 Å². The number of aryl methyl sites for hydroxylation is 3. The van der Waals surface area contributed by atoms with Gasteiger partial charge in [0.2, 0.25) is 0 Å². The van der Waals surface area contributed by atoms with Gasteiger partial charge >= 0.3 is 0 Å². The molecular formula is C17H28. The van der Waals surface area contributed by atoms with Crippen LogP contribution >= 0.6 is 0 Å². The van der Waals surface area contributed by atoms with Gasteiger partial charge in [-0.1, -0.05) is 57.7 Å². The minimum absolute atomic E-state index is 0.937. The first-order valence-corrected chi connectivity index (χ1v) is 7.23. The van der Waals surface area contributed by atoms with Crippen LogP contribution in [0.3, 0.4) is 0 Å². The zero-order chi connectivity index (χ0) is 12.7. The van der Waals surface area contributed by atoms with Gasteiger partial charge in [-0.2, -0.15) is 0 Å². The molecule has 17 heavy (non-hydrogen) atoms. The van der Waals surface area contributed by atoms with Crippen molar-refractivity contribution in [2.75, 3.05) is 0 Å². The standard InChI is InChI=1S/C17H28/c1-5-7-16(8-6-2)11-12-17-10-9-14(3)15(4)13-17/h9-10,13,16H,5-8,11-12H2,1-4H3. The van der Waals surface area contributed by atoms with Crippen molar-refractivity contribution >= 4 is 0 Å².